The number of aromatic nitrogens is 4. The Labute approximate surface area is 132 Å². The molecule has 1 aliphatic rings. The Kier molecular flexibility index (Phi) is 4.93. The minimum Gasteiger partial charge on any atom is -0.333 e. The number of hydrogen-bond acceptors (Lipinski definition) is 3. The van der Waals surface area contributed by atoms with Crippen LogP contribution in [-0.4, -0.2) is 25.8 Å². The normalized spacial score (nSPS) is 16.3. The van der Waals surface area contributed by atoms with Gasteiger partial charge in [-0.1, -0.05) is 13.3 Å². The van der Waals surface area contributed by atoms with Crippen molar-refractivity contribution in [1.29, 1.82) is 0 Å². The predicted octanol–water partition coefficient (Wildman–Crippen LogP) is 2.62. The van der Waals surface area contributed by atoms with Crippen LogP contribution in [0.5, 0.6) is 0 Å². The van der Waals surface area contributed by atoms with E-state index in [-0.39, 0.29) is 0 Å². The van der Waals surface area contributed by atoms with E-state index in [2.05, 4.69) is 45.1 Å². The van der Waals surface area contributed by atoms with Crippen molar-refractivity contribution in [1.82, 2.24) is 25.1 Å². The molecule has 120 valence electrons. The van der Waals surface area contributed by atoms with Crippen LogP contribution in [0.3, 0.4) is 0 Å². The lowest BCUT2D eigenvalue weighted by Crippen LogP contribution is -2.30. The molecule has 5 nitrogen and oxygen atoms in total. The van der Waals surface area contributed by atoms with Crippen molar-refractivity contribution in [3.8, 4) is 0 Å². The Morgan fingerprint density at radius 2 is 2.18 bits per heavy atom. The van der Waals surface area contributed by atoms with Gasteiger partial charge in [0, 0.05) is 43.6 Å². The monoisotopic (exact) mass is 301 g/mol. The third kappa shape index (κ3) is 3.40. The second-order valence-electron chi connectivity index (χ2n) is 6.32. The summed E-state index contributed by atoms with van der Waals surface area (Å²) in [5.41, 5.74) is 4.05. The highest BCUT2D eigenvalue weighted by Gasteiger charge is 2.16. The fraction of sp³-hybridized carbons (Fsp3) is 0.647. The number of imidazole rings is 1. The molecule has 2 N–H and O–H groups in total. The Balaban J connectivity index is 1.57. The highest BCUT2D eigenvalue weighted by molar-refractivity contribution is 5.26. The third-order valence-electron chi connectivity index (χ3n) is 4.60. The maximum atomic E-state index is 4.54. The lowest BCUT2D eigenvalue weighted by atomic mass is 10.1. The van der Waals surface area contributed by atoms with Crippen LogP contribution >= 0.6 is 0 Å². The van der Waals surface area contributed by atoms with Crippen molar-refractivity contribution in [2.24, 2.45) is 0 Å². The molecule has 0 unspecified atom stereocenters. The Morgan fingerprint density at radius 1 is 1.32 bits per heavy atom. The van der Waals surface area contributed by atoms with Crippen LogP contribution in [0.4, 0.5) is 0 Å². The zero-order valence-electron chi connectivity index (χ0n) is 13.7. The van der Waals surface area contributed by atoms with Crippen LogP contribution in [-0.2, 0) is 32.4 Å². The van der Waals surface area contributed by atoms with Crippen molar-refractivity contribution in [2.75, 3.05) is 0 Å². The van der Waals surface area contributed by atoms with E-state index < -0.39 is 0 Å². The summed E-state index contributed by atoms with van der Waals surface area (Å²) >= 11 is 0. The van der Waals surface area contributed by atoms with Gasteiger partial charge in [0.05, 0.1) is 5.69 Å². The minimum absolute atomic E-state index is 0.401. The van der Waals surface area contributed by atoms with E-state index >= 15 is 0 Å². The van der Waals surface area contributed by atoms with E-state index in [9.17, 15) is 0 Å². The Morgan fingerprint density at radius 3 is 3.05 bits per heavy atom. The smallest absolute Gasteiger partial charge is 0.108 e. The van der Waals surface area contributed by atoms with Crippen molar-refractivity contribution in [3.63, 3.8) is 0 Å². The molecule has 0 radical (unpaired) electrons. The first-order chi connectivity index (χ1) is 10.8. The van der Waals surface area contributed by atoms with Gasteiger partial charge in [0.15, 0.2) is 0 Å². The first kappa shape index (κ1) is 15.3. The van der Waals surface area contributed by atoms with E-state index in [0.29, 0.717) is 6.04 Å². The van der Waals surface area contributed by atoms with E-state index in [1.807, 2.05) is 6.20 Å². The van der Waals surface area contributed by atoms with Gasteiger partial charge in [0.1, 0.15) is 5.82 Å². The highest BCUT2D eigenvalue weighted by Crippen LogP contribution is 2.21. The molecule has 0 aromatic carbocycles. The van der Waals surface area contributed by atoms with Gasteiger partial charge in [-0.3, -0.25) is 5.10 Å². The summed E-state index contributed by atoms with van der Waals surface area (Å²) in [6.07, 6.45) is 11.2. The fourth-order valence-electron chi connectivity index (χ4n) is 3.32. The number of aryl methyl sites for hydroxylation is 2. The standard InChI is InChI=1S/C17H27N5/c1-3-17-18-9-10-22(17)12-13(2)19-11-16-14-7-5-4-6-8-15(14)20-21-16/h9-10,13,19H,3-8,11-12H2,1-2H3,(H,20,21)/t13-/m1/s1. The Hall–Kier alpha value is -1.62. The summed E-state index contributed by atoms with van der Waals surface area (Å²) in [7, 11) is 0. The predicted molar refractivity (Wildman–Crippen MR) is 87.8 cm³/mol. The van der Waals surface area contributed by atoms with Gasteiger partial charge in [0.25, 0.3) is 0 Å². The molecule has 0 fully saturated rings. The number of rotatable bonds is 6. The molecule has 0 bridgehead atoms. The number of hydrogen-bond donors (Lipinski definition) is 2. The average molecular weight is 301 g/mol. The molecule has 2 aromatic heterocycles. The molecule has 0 saturated heterocycles. The average Bonchev–Trinajstić information content (AvgIpc) is 3.05. The summed E-state index contributed by atoms with van der Waals surface area (Å²) in [5, 5.41) is 11.4. The number of aromatic amines is 1. The number of H-pyrrole nitrogens is 1. The van der Waals surface area contributed by atoms with E-state index in [1.54, 1.807) is 0 Å². The van der Waals surface area contributed by atoms with Gasteiger partial charge in [-0.2, -0.15) is 5.10 Å². The van der Waals surface area contributed by atoms with E-state index in [1.165, 1.54) is 42.6 Å². The maximum Gasteiger partial charge on any atom is 0.108 e. The molecule has 0 aliphatic heterocycles. The molecule has 0 spiro atoms. The molecular formula is C17H27N5. The lowest BCUT2D eigenvalue weighted by molar-refractivity contribution is 0.464. The largest absolute Gasteiger partial charge is 0.333 e. The summed E-state index contributed by atoms with van der Waals surface area (Å²) in [6, 6.07) is 0.401. The number of nitrogens with one attached hydrogen (secondary N) is 2. The molecule has 2 aromatic rings. The summed E-state index contributed by atoms with van der Waals surface area (Å²) in [6.45, 7) is 6.18. The van der Waals surface area contributed by atoms with Crippen LogP contribution in [0.2, 0.25) is 0 Å². The molecule has 1 aliphatic carbocycles. The minimum atomic E-state index is 0.401. The summed E-state index contributed by atoms with van der Waals surface area (Å²) in [5.74, 6) is 1.15. The zero-order chi connectivity index (χ0) is 15.4. The first-order valence-corrected chi connectivity index (χ1v) is 8.56. The lowest BCUT2D eigenvalue weighted by Gasteiger charge is -2.15. The number of nitrogens with zero attached hydrogens (tertiary/aromatic N) is 3. The molecule has 3 rings (SSSR count). The van der Waals surface area contributed by atoms with Gasteiger partial charge in [-0.15, -0.1) is 0 Å². The molecule has 5 heteroatoms. The topological polar surface area (TPSA) is 58.5 Å². The highest BCUT2D eigenvalue weighted by atomic mass is 15.1. The van der Waals surface area contributed by atoms with Gasteiger partial charge in [0.2, 0.25) is 0 Å². The van der Waals surface area contributed by atoms with Crippen molar-refractivity contribution in [3.05, 3.63) is 35.2 Å². The van der Waals surface area contributed by atoms with Crippen LogP contribution < -0.4 is 5.32 Å². The second kappa shape index (κ2) is 7.09. The van der Waals surface area contributed by atoms with Gasteiger partial charge in [-0.25, -0.2) is 4.98 Å². The second-order valence-corrected chi connectivity index (χ2v) is 6.32. The van der Waals surface area contributed by atoms with E-state index in [4.69, 9.17) is 0 Å². The van der Waals surface area contributed by atoms with Crippen LogP contribution in [0.25, 0.3) is 0 Å². The van der Waals surface area contributed by atoms with Gasteiger partial charge in [-0.05, 0) is 38.2 Å². The summed E-state index contributed by atoms with van der Waals surface area (Å²) in [4.78, 5) is 4.38. The van der Waals surface area contributed by atoms with E-state index in [0.717, 1.165) is 31.8 Å². The van der Waals surface area contributed by atoms with Gasteiger partial charge >= 0.3 is 0 Å². The maximum absolute atomic E-state index is 4.54. The molecule has 2 heterocycles. The zero-order valence-corrected chi connectivity index (χ0v) is 13.7. The molecule has 22 heavy (non-hydrogen) atoms. The van der Waals surface area contributed by atoms with Gasteiger partial charge < -0.3 is 9.88 Å². The number of fused-ring (bicyclic) bond motifs is 1. The third-order valence-corrected chi connectivity index (χ3v) is 4.60. The van der Waals surface area contributed by atoms with Crippen molar-refractivity contribution in [2.45, 2.75) is 71.5 Å². The Bertz CT molecular complexity index is 598. The SMILES string of the molecule is CCc1nccn1C[C@@H](C)NCc1n[nH]c2c1CCCCC2. The summed E-state index contributed by atoms with van der Waals surface area (Å²) < 4.78 is 2.24. The quantitative estimate of drug-likeness (QED) is 0.806. The fourth-order valence-corrected chi connectivity index (χ4v) is 3.32. The van der Waals surface area contributed by atoms with Crippen LogP contribution in [0, 0.1) is 0 Å². The van der Waals surface area contributed by atoms with Crippen molar-refractivity contribution >= 4 is 0 Å². The van der Waals surface area contributed by atoms with Crippen LogP contribution in [0.15, 0.2) is 12.4 Å². The molecular weight excluding hydrogens is 274 g/mol. The van der Waals surface area contributed by atoms with Crippen LogP contribution in [0.1, 0.15) is 55.9 Å². The van der Waals surface area contributed by atoms with Crippen molar-refractivity contribution < 1.29 is 0 Å². The molecule has 1 atom stereocenters. The molecule has 0 saturated carbocycles. The first-order valence-electron chi connectivity index (χ1n) is 8.56. The molecule has 0 amide bonds.